The number of pyridine rings is 2. The van der Waals surface area contributed by atoms with Crippen molar-refractivity contribution in [3.8, 4) is 33.6 Å². The molecule has 2 saturated carbocycles. The molecule has 2 fully saturated rings. The van der Waals surface area contributed by atoms with E-state index in [2.05, 4.69) is 105 Å². The van der Waals surface area contributed by atoms with Gasteiger partial charge in [-0.2, -0.15) is 11.3 Å². The third kappa shape index (κ3) is 10.3. The molecular formula is C55H62IrN2SSi-2. The first-order chi connectivity index (χ1) is 30.4. The van der Waals surface area contributed by atoms with Gasteiger partial charge in [0.15, 0.2) is 0 Å². The molecule has 0 bridgehead atoms. The standard InChI is InChI=1S/C31H28NS.C24H34NSi.Ir/c1-20-6-5-7-21(2)31(20)25-10-12-26-27-18-24(11-13-29(27)33-30(26)19-25)28-17-23(14-15-32-28)16-22-8-3-4-9-22;1-18(2)15-22-16-23(25-17-24(22)26(3,4)5)21-13-11-20(12-14-21)19-9-7-6-8-10-19;/h5-7,10,12-15,17-19,22H,3-4,8-9,16H2,1-2H3;11-13,16-19H,6-10,15H2,1-5H3;/q2*-1;/i16D2;15D2,19D;. The average Bonchev–Trinajstić information content (AvgIpc) is 3.96. The third-order valence-corrected chi connectivity index (χ3v) is 15.2. The molecule has 0 unspecified atom stereocenters. The largest absolute Gasteiger partial charge is 0.305 e. The van der Waals surface area contributed by atoms with Crippen molar-refractivity contribution in [2.75, 3.05) is 0 Å². The molecule has 0 amide bonds. The van der Waals surface area contributed by atoms with Gasteiger partial charge in [0.25, 0.3) is 0 Å². The van der Waals surface area contributed by atoms with E-state index in [1.165, 1.54) is 48.8 Å². The molecule has 0 saturated heterocycles. The zero-order valence-electron chi connectivity index (χ0n) is 41.4. The van der Waals surface area contributed by atoms with E-state index in [-0.39, 0.29) is 31.9 Å². The van der Waals surface area contributed by atoms with Gasteiger partial charge in [-0.3, -0.25) is 0 Å². The number of aromatic nitrogens is 2. The van der Waals surface area contributed by atoms with Gasteiger partial charge in [0.2, 0.25) is 0 Å². The Bertz CT molecular complexity index is 2760. The van der Waals surface area contributed by atoms with Gasteiger partial charge in [-0.05, 0) is 99.5 Å². The number of benzene rings is 4. The van der Waals surface area contributed by atoms with Gasteiger partial charge >= 0.3 is 0 Å². The molecule has 0 atom stereocenters. The third-order valence-electron chi connectivity index (χ3n) is 12.0. The van der Waals surface area contributed by atoms with Crippen molar-refractivity contribution < 1.29 is 27.0 Å². The second-order valence-electron chi connectivity index (χ2n) is 18.1. The summed E-state index contributed by atoms with van der Waals surface area (Å²) in [5, 5.41) is 3.54. The predicted molar refractivity (Wildman–Crippen MR) is 258 cm³/mol. The van der Waals surface area contributed by atoms with E-state index in [0.29, 0.717) is 0 Å². The van der Waals surface area contributed by atoms with E-state index in [1.54, 1.807) is 17.5 Å². The fraction of sp³-hybridized carbons (Fsp3) is 0.382. The number of nitrogens with zero attached hydrogens (tertiary/aromatic N) is 2. The van der Waals surface area contributed by atoms with E-state index in [0.717, 1.165) is 95.8 Å². The Balaban J connectivity index is 0.000000195. The van der Waals surface area contributed by atoms with Crippen molar-refractivity contribution in [2.45, 2.75) is 124 Å². The molecule has 313 valence electrons. The molecule has 4 aromatic carbocycles. The zero-order chi connectivity index (χ0) is 45.6. The second kappa shape index (κ2) is 19.5. The minimum Gasteiger partial charge on any atom is -0.305 e. The fourth-order valence-corrected chi connectivity index (χ4v) is 11.5. The Morgan fingerprint density at radius 1 is 0.767 bits per heavy atom. The maximum Gasteiger partial charge on any atom is 0.0798 e. The number of fused-ring (bicyclic) bond motifs is 3. The molecule has 60 heavy (non-hydrogen) atoms. The summed E-state index contributed by atoms with van der Waals surface area (Å²) < 4.78 is 46.3. The smallest absolute Gasteiger partial charge is 0.0798 e. The predicted octanol–water partition coefficient (Wildman–Crippen LogP) is 15.3. The molecule has 7 aromatic rings. The van der Waals surface area contributed by atoms with Crippen LogP contribution in [0.5, 0.6) is 0 Å². The monoisotopic (exact) mass is 1010 g/mol. The van der Waals surface area contributed by atoms with E-state index < -0.39 is 26.7 Å². The summed E-state index contributed by atoms with van der Waals surface area (Å²) in [5.41, 5.74) is 11.1. The van der Waals surface area contributed by atoms with E-state index in [9.17, 15) is 0 Å². The van der Waals surface area contributed by atoms with Crippen molar-refractivity contribution in [3.63, 3.8) is 0 Å². The number of hydrogen-bond donors (Lipinski definition) is 0. The summed E-state index contributed by atoms with van der Waals surface area (Å²) in [6.45, 7) is 14.9. The first-order valence-corrected chi connectivity index (χ1v) is 26.1. The van der Waals surface area contributed by atoms with Gasteiger partial charge in [-0.25, -0.2) is 0 Å². The maximum absolute atomic E-state index is 8.82. The Labute approximate surface area is 386 Å². The Morgan fingerprint density at radius 2 is 1.48 bits per heavy atom. The van der Waals surface area contributed by atoms with Gasteiger partial charge < -0.3 is 9.97 Å². The average molecular weight is 1010 g/mol. The van der Waals surface area contributed by atoms with Crippen molar-refractivity contribution in [1.29, 1.82) is 0 Å². The van der Waals surface area contributed by atoms with Gasteiger partial charge in [0, 0.05) is 44.1 Å². The van der Waals surface area contributed by atoms with Crippen LogP contribution in [-0.2, 0) is 32.9 Å². The van der Waals surface area contributed by atoms with Gasteiger partial charge in [-0.15, -0.1) is 59.2 Å². The van der Waals surface area contributed by atoms with E-state index in [4.69, 9.17) is 11.8 Å². The molecule has 0 N–H and O–H groups in total. The van der Waals surface area contributed by atoms with Crippen LogP contribution < -0.4 is 5.19 Å². The van der Waals surface area contributed by atoms with Crippen LogP contribution in [-0.4, -0.2) is 18.0 Å². The Morgan fingerprint density at radius 3 is 2.18 bits per heavy atom. The molecule has 3 aromatic heterocycles. The van der Waals surface area contributed by atoms with Crippen LogP contribution in [0.25, 0.3) is 53.8 Å². The number of aryl methyl sites for hydroxylation is 2. The molecule has 2 nitrogen and oxygen atoms in total. The first-order valence-electron chi connectivity index (χ1n) is 24.3. The van der Waals surface area contributed by atoms with Gasteiger partial charge in [0.05, 0.1) is 8.07 Å². The molecule has 2 aliphatic rings. The normalized spacial score (nSPS) is 17.2. The topological polar surface area (TPSA) is 25.8 Å². The SMILES string of the molecule is [2H]C([2H])(c1ccnc(-c2[c-]cc3sc4cc(-c5c(C)cccc5C)ccc4c3c2)c1)C1CCCC1.[2H]C1(c2c[c-]c(-c3cc(C([2H])([2H])C(C)C)c([Si](C)(C)C)cn3)cc2)CCCCC1.[Ir]. The molecule has 0 aliphatic heterocycles. The van der Waals surface area contributed by atoms with Crippen LogP contribution in [0.3, 0.4) is 0 Å². The van der Waals surface area contributed by atoms with Crippen molar-refractivity contribution in [3.05, 3.63) is 137 Å². The summed E-state index contributed by atoms with van der Waals surface area (Å²) in [5.74, 6) is -0.507. The van der Waals surface area contributed by atoms with E-state index in [1.807, 2.05) is 50.4 Å². The molecule has 1 radical (unpaired) electrons. The first kappa shape index (κ1) is 38.0. The second-order valence-corrected chi connectivity index (χ2v) is 24.2. The van der Waals surface area contributed by atoms with Crippen LogP contribution in [0.2, 0.25) is 19.6 Å². The number of hydrogen-bond acceptors (Lipinski definition) is 3. The Kier molecular flexibility index (Phi) is 12.4. The molecule has 2 aliphatic carbocycles. The van der Waals surface area contributed by atoms with E-state index >= 15 is 0 Å². The van der Waals surface area contributed by atoms with Gasteiger partial charge in [-0.1, -0.05) is 156 Å². The molecule has 5 heteroatoms. The summed E-state index contributed by atoms with van der Waals surface area (Å²) in [4.78, 5) is 9.30. The Hall–Kier alpha value is -3.73. The molecule has 3 heterocycles. The summed E-state index contributed by atoms with van der Waals surface area (Å²) in [6.07, 6.45) is 10.4. The minimum atomic E-state index is -1.74. The minimum absolute atomic E-state index is 0. The molecule has 9 rings (SSSR count). The van der Waals surface area contributed by atoms with Crippen LogP contribution in [0.4, 0.5) is 0 Å². The quantitative estimate of drug-likeness (QED) is 0.106. The van der Waals surface area contributed by atoms with Crippen molar-refractivity contribution >= 4 is 44.8 Å². The zero-order valence-corrected chi connectivity index (χ0v) is 40.6. The number of rotatable bonds is 9. The summed E-state index contributed by atoms with van der Waals surface area (Å²) in [6, 6.07) is 36.0. The summed E-state index contributed by atoms with van der Waals surface area (Å²) in [7, 11) is -1.74. The maximum atomic E-state index is 8.82. The van der Waals surface area contributed by atoms with Crippen LogP contribution in [0.15, 0.2) is 97.3 Å². The number of thiophene rings is 1. The molecular weight excluding hydrogens is 941 g/mol. The van der Waals surface area contributed by atoms with Crippen LogP contribution in [0, 0.1) is 37.8 Å². The van der Waals surface area contributed by atoms with Crippen LogP contribution >= 0.6 is 11.3 Å². The van der Waals surface area contributed by atoms with Gasteiger partial charge in [0.1, 0.15) is 0 Å². The molecule has 0 spiro atoms. The van der Waals surface area contributed by atoms with Crippen LogP contribution in [0.1, 0.15) is 112 Å². The van der Waals surface area contributed by atoms with Crippen molar-refractivity contribution in [1.82, 2.24) is 9.97 Å². The fourth-order valence-electron chi connectivity index (χ4n) is 8.97. The van der Waals surface area contributed by atoms with Crippen molar-refractivity contribution in [2.24, 2.45) is 11.8 Å². The summed E-state index contributed by atoms with van der Waals surface area (Å²) >= 11 is 1.80.